The minimum absolute atomic E-state index is 0.650. The maximum atomic E-state index is 3.39. The van der Waals surface area contributed by atoms with Gasteiger partial charge in [0.15, 0.2) is 0 Å². The molecular weight excluding hydrogens is 266 g/mol. The topological polar surface area (TPSA) is 15.8 Å². The maximum absolute atomic E-state index is 3.39. The summed E-state index contributed by atoms with van der Waals surface area (Å²) in [7, 11) is 0. The van der Waals surface area contributed by atoms with Crippen LogP contribution in [0.3, 0.4) is 0 Å². The molecule has 1 aromatic heterocycles. The predicted molar refractivity (Wildman–Crippen MR) is 97.0 cm³/mol. The molecule has 1 saturated carbocycles. The quantitative estimate of drug-likeness (QED) is 0.537. The van der Waals surface area contributed by atoms with E-state index in [1.807, 2.05) is 0 Å². The lowest BCUT2D eigenvalue weighted by Crippen LogP contribution is -2.12. The summed E-state index contributed by atoms with van der Waals surface area (Å²) in [5, 5.41) is 0. The Hall–Kier alpha value is -0.980. The lowest BCUT2D eigenvalue weighted by atomic mass is 9.85. The normalized spacial score (nSPS) is 19.7. The Morgan fingerprint density at radius 2 is 1.91 bits per heavy atom. The van der Waals surface area contributed by atoms with Crippen LogP contribution in [0.15, 0.2) is 24.4 Å². The van der Waals surface area contributed by atoms with Crippen LogP contribution >= 0.6 is 0 Å². The summed E-state index contributed by atoms with van der Waals surface area (Å²) in [4.78, 5) is 3.39. The number of rotatable bonds is 9. The summed E-state index contributed by atoms with van der Waals surface area (Å²) in [5.74, 6) is 3.92. The second-order valence-electron chi connectivity index (χ2n) is 7.85. The van der Waals surface area contributed by atoms with Crippen LogP contribution in [-0.4, -0.2) is 4.98 Å². The molecule has 1 N–H and O–H groups in total. The van der Waals surface area contributed by atoms with Gasteiger partial charge in [-0.3, -0.25) is 0 Å². The molecule has 2 rings (SSSR count). The maximum Gasteiger partial charge on any atom is 0.0177 e. The van der Waals surface area contributed by atoms with Crippen LogP contribution in [0.1, 0.15) is 65.1 Å². The lowest BCUT2D eigenvalue weighted by molar-refractivity contribution is 0.399. The Balaban J connectivity index is 1.93. The second-order valence-corrected chi connectivity index (χ2v) is 7.85. The Morgan fingerprint density at radius 3 is 2.50 bits per heavy atom. The van der Waals surface area contributed by atoms with Crippen LogP contribution in [0.25, 0.3) is 0 Å². The predicted octanol–water partition coefficient (Wildman–Crippen LogP) is 6.02. The van der Waals surface area contributed by atoms with Gasteiger partial charge in [-0.05, 0) is 60.5 Å². The van der Waals surface area contributed by atoms with E-state index >= 15 is 0 Å². The summed E-state index contributed by atoms with van der Waals surface area (Å²) in [5.41, 5.74) is 2.92. The fourth-order valence-corrected chi connectivity index (χ4v) is 3.34. The highest BCUT2D eigenvalue weighted by molar-refractivity contribution is 5.22. The molecule has 0 saturated heterocycles. The third-order valence-electron chi connectivity index (χ3n) is 5.56. The molecule has 0 aliphatic heterocycles. The number of hydrogen-bond acceptors (Lipinski definition) is 0. The van der Waals surface area contributed by atoms with E-state index in [1.54, 1.807) is 0 Å². The molecule has 0 spiro atoms. The van der Waals surface area contributed by atoms with Gasteiger partial charge in [0.05, 0.1) is 0 Å². The van der Waals surface area contributed by atoms with E-state index in [0.717, 1.165) is 18.3 Å². The van der Waals surface area contributed by atoms with Crippen molar-refractivity contribution in [1.82, 2.24) is 4.98 Å². The Kier molecular flexibility index (Phi) is 6.35. The minimum atomic E-state index is 0.650. The summed E-state index contributed by atoms with van der Waals surface area (Å²) in [6, 6.07) is 2.27. The van der Waals surface area contributed by atoms with E-state index in [0.29, 0.717) is 17.8 Å². The molecule has 1 heteroatoms. The Morgan fingerprint density at radius 1 is 1.18 bits per heavy atom. The number of aromatic amines is 1. The van der Waals surface area contributed by atoms with E-state index in [-0.39, 0.29) is 0 Å². The van der Waals surface area contributed by atoms with Gasteiger partial charge in [-0.25, -0.2) is 0 Å². The zero-order valence-corrected chi connectivity index (χ0v) is 15.2. The van der Waals surface area contributed by atoms with E-state index in [4.69, 9.17) is 0 Å². The third kappa shape index (κ3) is 5.04. The number of nitrogens with one attached hydrogen (secondary N) is 1. The van der Waals surface area contributed by atoms with E-state index < -0.39 is 0 Å². The van der Waals surface area contributed by atoms with Gasteiger partial charge < -0.3 is 4.98 Å². The molecule has 0 bridgehead atoms. The molecule has 1 aromatic rings. The zero-order valence-electron chi connectivity index (χ0n) is 15.2. The molecule has 3 atom stereocenters. The van der Waals surface area contributed by atoms with Gasteiger partial charge in [-0.2, -0.15) is 0 Å². The summed E-state index contributed by atoms with van der Waals surface area (Å²) in [6.07, 6.45) is 13.7. The first-order chi connectivity index (χ1) is 10.5. The van der Waals surface area contributed by atoms with Crippen LogP contribution in [0, 0.1) is 29.6 Å². The van der Waals surface area contributed by atoms with Crippen molar-refractivity contribution < 1.29 is 0 Å². The molecular formula is C21H35N. The highest BCUT2D eigenvalue weighted by atomic mass is 14.7. The van der Waals surface area contributed by atoms with Gasteiger partial charge in [-0.15, -0.1) is 0 Å². The first-order valence-corrected chi connectivity index (χ1v) is 9.34. The van der Waals surface area contributed by atoms with Gasteiger partial charge in [0.1, 0.15) is 0 Å². The molecule has 0 amide bonds. The molecule has 124 valence electrons. The monoisotopic (exact) mass is 301 g/mol. The van der Waals surface area contributed by atoms with Crippen molar-refractivity contribution in [2.24, 2.45) is 29.6 Å². The summed E-state index contributed by atoms with van der Waals surface area (Å²) in [6.45, 7) is 11.8. The molecule has 1 heterocycles. The number of allylic oxidation sites excluding steroid dienone is 2. The second kappa shape index (κ2) is 8.04. The van der Waals surface area contributed by atoms with Gasteiger partial charge in [0.2, 0.25) is 0 Å². The van der Waals surface area contributed by atoms with Crippen molar-refractivity contribution in [3.8, 4) is 0 Å². The first kappa shape index (κ1) is 17.4. The number of aromatic nitrogens is 1. The Labute approximate surface area is 137 Å². The number of hydrogen-bond donors (Lipinski definition) is 1. The minimum Gasteiger partial charge on any atom is -0.365 e. The van der Waals surface area contributed by atoms with E-state index in [1.165, 1.54) is 36.9 Å². The highest BCUT2D eigenvalue weighted by Crippen LogP contribution is 2.37. The van der Waals surface area contributed by atoms with Crippen LogP contribution in [-0.2, 0) is 12.8 Å². The summed E-state index contributed by atoms with van der Waals surface area (Å²) < 4.78 is 0. The summed E-state index contributed by atoms with van der Waals surface area (Å²) >= 11 is 0. The lowest BCUT2D eigenvalue weighted by Gasteiger charge is -2.20. The first-order valence-electron chi connectivity index (χ1n) is 9.34. The molecule has 22 heavy (non-hydrogen) atoms. The van der Waals surface area contributed by atoms with Crippen LogP contribution in [0.2, 0.25) is 0 Å². The van der Waals surface area contributed by atoms with E-state index in [9.17, 15) is 0 Å². The molecule has 0 radical (unpaired) electrons. The van der Waals surface area contributed by atoms with Crippen molar-refractivity contribution in [1.29, 1.82) is 0 Å². The molecule has 1 nitrogen and oxygen atoms in total. The van der Waals surface area contributed by atoms with Crippen LogP contribution < -0.4 is 0 Å². The SMILES string of the molecule is CCc1[nH]ccc1CC(C=CC(C)C(C)CC1CC1)C(C)C. The highest BCUT2D eigenvalue weighted by Gasteiger charge is 2.25. The van der Waals surface area contributed by atoms with Crippen molar-refractivity contribution >= 4 is 0 Å². The average molecular weight is 302 g/mol. The third-order valence-corrected chi connectivity index (χ3v) is 5.56. The Bertz CT molecular complexity index is 464. The molecule has 0 aromatic carbocycles. The van der Waals surface area contributed by atoms with Crippen LogP contribution in [0.5, 0.6) is 0 Å². The molecule has 1 aliphatic carbocycles. The van der Waals surface area contributed by atoms with Crippen molar-refractivity contribution in [3.63, 3.8) is 0 Å². The zero-order chi connectivity index (χ0) is 16.1. The van der Waals surface area contributed by atoms with E-state index in [2.05, 4.69) is 64.0 Å². The van der Waals surface area contributed by atoms with Gasteiger partial charge in [0, 0.05) is 11.9 Å². The number of aryl methyl sites for hydroxylation is 1. The fraction of sp³-hybridized carbons (Fsp3) is 0.714. The van der Waals surface area contributed by atoms with Crippen molar-refractivity contribution in [2.75, 3.05) is 0 Å². The molecule has 1 aliphatic rings. The van der Waals surface area contributed by atoms with Gasteiger partial charge >= 0.3 is 0 Å². The smallest absolute Gasteiger partial charge is 0.0177 e. The number of H-pyrrole nitrogens is 1. The van der Waals surface area contributed by atoms with Crippen molar-refractivity contribution in [2.45, 2.75) is 66.7 Å². The molecule has 3 unspecified atom stereocenters. The average Bonchev–Trinajstić information content (AvgIpc) is 3.18. The molecule has 1 fully saturated rings. The fourth-order valence-electron chi connectivity index (χ4n) is 3.34. The van der Waals surface area contributed by atoms with Crippen LogP contribution in [0.4, 0.5) is 0 Å². The van der Waals surface area contributed by atoms with Gasteiger partial charge in [0.25, 0.3) is 0 Å². The van der Waals surface area contributed by atoms with Crippen molar-refractivity contribution in [3.05, 3.63) is 35.7 Å². The van der Waals surface area contributed by atoms with Gasteiger partial charge in [-0.1, -0.05) is 59.6 Å². The largest absolute Gasteiger partial charge is 0.365 e. The standard InChI is InChI=1S/C21H35N/c1-6-21-20(11-12-22-21)14-19(15(2)3)10-7-16(4)17(5)13-18-8-9-18/h7,10-12,15-19,22H,6,8-9,13-14H2,1-5H3.